The van der Waals surface area contributed by atoms with E-state index in [4.69, 9.17) is 0 Å². The second kappa shape index (κ2) is 11.8. The number of imide groups is 1. The fraction of sp³-hybridized carbons (Fsp3) is 0.543. The normalized spacial score (nSPS) is 29.1. The third-order valence-corrected chi connectivity index (χ3v) is 11.8. The Morgan fingerprint density at radius 3 is 2.45 bits per heavy atom. The summed E-state index contributed by atoms with van der Waals surface area (Å²) in [6.07, 6.45) is 7.68. The monoisotopic (exact) mass is 674 g/mol. The zero-order valence-corrected chi connectivity index (χ0v) is 27.4. The highest BCUT2D eigenvalue weighted by atomic mass is 19.3. The number of fused-ring (bicyclic) bond motifs is 2. The molecule has 5 aliphatic rings. The standard InChI is InChI=1S/C35H40F2N8O4/c1-34-17-27-26(16-28(34)35(34,36)37)30(42-41-27)32(48)39-22-18-38-45(19-22)24-8-4-21(5-9-24)33(49)44-14-12-43(13-15-44)23-6-2-20(3-7-23)25-10-11-29(46)40-31(25)47/h2-3,6-7,18-19,21,24-25,28H,4-5,8-17H2,1H3,(H,39,48)(H,41,42)(H,40,46,47)/t21?,24?,25-,28+,34-/m1/s1. The molecule has 8 rings (SSSR count). The number of halogens is 2. The van der Waals surface area contributed by atoms with Gasteiger partial charge >= 0.3 is 0 Å². The lowest BCUT2D eigenvalue weighted by Gasteiger charge is -2.39. The van der Waals surface area contributed by atoms with Crippen molar-refractivity contribution < 1.29 is 28.0 Å². The molecule has 0 bridgehead atoms. The van der Waals surface area contributed by atoms with E-state index in [1.165, 1.54) is 0 Å². The van der Waals surface area contributed by atoms with Gasteiger partial charge in [-0.3, -0.25) is 34.3 Å². The number of aromatic amines is 1. The first-order valence-electron chi connectivity index (χ1n) is 17.3. The van der Waals surface area contributed by atoms with Crippen LogP contribution in [-0.4, -0.2) is 80.6 Å². The van der Waals surface area contributed by atoms with Gasteiger partial charge < -0.3 is 15.1 Å². The van der Waals surface area contributed by atoms with Gasteiger partial charge in [0.05, 0.1) is 23.8 Å². The zero-order chi connectivity index (χ0) is 34.1. The van der Waals surface area contributed by atoms with Crippen molar-refractivity contribution in [3.05, 3.63) is 59.2 Å². The predicted molar refractivity (Wildman–Crippen MR) is 174 cm³/mol. The number of amides is 4. The molecule has 14 heteroatoms. The van der Waals surface area contributed by atoms with Crippen molar-refractivity contribution in [2.75, 3.05) is 36.4 Å². The number of alkyl halides is 2. The first-order valence-corrected chi connectivity index (χ1v) is 17.3. The number of piperazine rings is 1. The van der Waals surface area contributed by atoms with E-state index < -0.39 is 23.2 Å². The minimum Gasteiger partial charge on any atom is -0.368 e. The average molecular weight is 675 g/mol. The minimum atomic E-state index is -2.72. The third kappa shape index (κ3) is 5.48. The van der Waals surface area contributed by atoms with E-state index in [0.717, 1.165) is 50.0 Å². The Morgan fingerprint density at radius 1 is 1.00 bits per heavy atom. The molecule has 3 aromatic rings. The predicted octanol–water partition coefficient (Wildman–Crippen LogP) is 3.83. The number of carbonyl (C=O) groups is 4. The number of aromatic nitrogens is 4. The van der Waals surface area contributed by atoms with Gasteiger partial charge in [-0.05, 0) is 56.2 Å². The number of carbonyl (C=O) groups excluding carboxylic acids is 4. The molecule has 0 unspecified atom stereocenters. The maximum atomic E-state index is 14.3. The summed E-state index contributed by atoms with van der Waals surface area (Å²) < 4.78 is 30.5. The molecule has 0 spiro atoms. The highest BCUT2D eigenvalue weighted by Crippen LogP contribution is 2.70. The van der Waals surface area contributed by atoms with Crippen LogP contribution >= 0.6 is 0 Å². The highest BCUT2D eigenvalue weighted by molar-refractivity contribution is 6.04. The number of benzene rings is 1. The van der Waals surface area contributed by atoms with Crippen LogP contribution in [0.2, 0.25) is 0 Å². The maximum absolute atomic E-state index is 14.3. The Labute approximate surface area is 282 Å². The molecule has 49 heavy (non-hydrogen) atoms. The summed E-state index contributed by atoms with van der Waals surface area (Å²) in [5, 5.41) is 16.7. The van der Waals surface area contributed by atoms with Crippen LogP contribution in [0.3, 0.4) is 0 Å². The molecule has 4 heterocycles. The van der Waals surface area contributed by atoms with Crippen molar-refractivity contribution in [2.45, 2.75) is 76.2 Å². The molecular formula is C35H40F2N8O4. The Bertz CT molecular complexity index is 1810. The SMILES string of the molecule is C[C@@]12Cc3[nH]nc(C(=O)Nc4cnn(C5CCC(C(=O)N6CCN(c7ccc([C@H]8CCC(=O)NC8=O)cc7)CC6)CC5)c4)c3C[C@@H]1C2(F)F. The van der Waals surface area contributed by atoms with E-state index in [1.54, 1.807) is 19.3 Å². The van der Waals surface area contributed by atoms with Crippen LogP contribution in [0.5, 0.6) is 0 Å². The first kappa shape index (κ1) is 31.6. The van der Waals surface area contributed by atoms with E-state index >= 15 is 0 Å². The van der Waals surface area contributed by atoms with Gasteiger partial charge in [-0.1, -0.05) is 19.1 Å². The number of H-pyrrole nitrogens is 1. The van der Waals surface area contributed by atoms with E-state index in [-0.39, 0.29) is 54.1 Å². The second-order valence-corrected chi connectivity index (χ2v) is 14.6. The number of anilines is 2. The quantitative estimate of drug-likeness (QED) is 0.337. The average Bonchev–Trinajstić information content (AvgIpc) is 3.53. The molecule has 3 atom stereocenters. The molecule has 3 aliphatic carbocycles. The molecule has 4 fully saturated rings. The molecule has 2 saturated heterocycles. The van der Waals surface area contributed by atoms with Crippen LogP contribution < -0.4 is 15.5 Å². The largest absolute Gasteiger partial charge is 0.368 e. The van der Waals surface area contributed by atoms with Gasteiger partial charge in [0.25, 0.3) is 11.8 Å². The van der Waals surface area contributed by atoms with Crippen molar-refractivity contribution in [2.24, 2.45) is 17.3 Å². The fourth-order valence-corrected chi connectivity index (χ4v) is 8.55. The highest BCUT2D eigenvalue weighted by Gasteiger charge is 2.78. The molecule has 2 aliphatic heterocycles. The summed E-state index contributed by atoms with van der Waals surface area (Å²) >= 11 is 0. The summed E-state index contributed by atoms with van der Waals surface area (Å²) in [4.78, 5) is 54.5. The summed E-state index contributed by atoms with van der Waals surface area (Å²) in [5.41, 5.74) is 2.77. The lowest BCUT2D eigenvalue weighted by molar-refractivity contribution is -0.137. The van der Waals surface area contributed by atoms with Crippen molar-refractivity contribution in [1.82, 2.24) is 30.2 Å². The van der Waals surface area contributed by atoms with Crippen molar-refractivity contribution in [1.29, 1.82) is 0 Å². The smallest absolute Gasteiger partial charge is 0.276 e. The van der Waals surface area contributed by atoms with E-state index in [1.807, 2.05) is 33.8 Å². The molecule has 2 aromatic heterocycles. The first-order chi connectivity index (χ1) is 23.5. The Morgan fingerprint density at radius 2 is 1.73 bits per heavy atom. The number of nitrogens with one attached hydrogen (secondary N) is 3. The van der Waals surface area contributed by atoms with Crippen LogP contribution in [-0.2, 0) is 27.2 Å². The molecule has 2 saturated carbocycles. The molecule has 12 nitrogen and oxygen atoms in total. The number of hydrogen-bond acceptors (Lipinski definition) is 7. The molecule has 4 amide bonds. The second-order valence-electron chi connectivity index (χ2n) is 14.6. The van der Waals surface area contributed by atoms with Crippen LogP contribution in [0.1, 0.15) is 84.7 Å². The van der Waals surface area contributed by atoms with Crippen molar-refractivity contribution in [3.8, 4) is 0 Å². The van der Waals surface area contributed by atoms with Gasteiger partial charge in [0.15, 0.2) is 5.69 Å². The number of piperidine rings is 1. The van der Waals surface area contributed by atoms with Gasteiger partial charge in [-0.25, -0.2) is 8.78 Å². The van der Waals surface area contributed by atoms with Crippen LogP contribution in [0.4, 0.5) is 20.2 Å². The molecule has 0 radical (unpaired) electrons. The van der Waals surface area contributed by atoms with Crippen LogP contribution in [0.15, 0.2) is 36.7 Å². The summed E-state index contributed by atoms with van der Waals surface area (Å²) in [7, 11) is 0. The molecular weight excluding hydrogens is 634 g/mol. The fourth-order valence-electron chi connectivity index (χ4n) is 8.55. The van der Waals surface area contributed by atoms with Crippen molar-refractivity contribution >= 4 is 35.0 Å². The summed E-state index contributed by atoms with van der Waals surface area (Å²) in [6, 6.07) is 8.06. The zero-order valence-electron chi connectivity index (χ0n) is 27.4. The van der Waals surface area contributed by atoms with E-state index in [9.17, 15) is 28.0 Å². The summed E-state index contributed by atoms with van der Waals surface area (Å²) in [5.74, 6) is -4.52. The van der Waals surface area contributed by atoms with Crippen molar-refractivity contribution in [3.63, 3.8) is 0 Å². The lowest BCUT2D eigenvalue weighted by atomic mass is 9.85. The number of nitrogens with zero attached hydrogens (tertiary/aromatic N) is 5. The van der Waals surface area contributed by atoms with E-state index in [2.05, 4.69) is 30.8 Å². The molecule has 1 aromatic carbocycles. The molecule has 258 valence electrons. The Balaban J connectivity index is 0.803. The van der Waals surface area contributed by atoms with Gasteiger partial charge in [-0.2, -0.15) is 10.2 Å². The van der Waals surface area contributed by atoms with E-state index in [0.29, 0.717) is 42.9 Å². The maximum Gasteiger partial charge on any atom is 0.276 e. The van der Waals surface area contributed by atoms with Gasteiger partial charge in [0, 0.05) is 79.4 Å². The number of hydrogen-bond donors (Lipinski definition) is 3. The van der Waals surface area contributed by atoms with Crippen LogP contribution in [0.25, 0.3) is 0 Å². The number of rotatable bonds is 6. The van der Waals surface area contributed by atoms with Gasteiger partial charge in [-0.15, -0.1) is 0 Å². The van der Waals surface area contributed by atoms with Gasteiger partial charge in [0.2, 0.25) is 17.7 Å². The lowest BCUT2D eigenvalue weighted by Crippen LogP contribution is -2.50. The van der Waals surface area contributed by atoms with Gasteiger partial charge in [0.1, 0.15) is 0 Å². The molecule has 3 N–H and O–H groups in total. The summed E-state index contributed by atoms with van der Waals surface area (Å²) in [6.45, 7) is 4.35. The van der Waals surface area contributed by atoms with Crippen LogP contribution in [0, 0.1) is 17.3 Å². The third-order valence-electron chi connectivity index (χ3n) is 11.8. The minimum absolute atomic E-state index is 0.0307. The Hall–Kier alpha value is -4.62. The topological polar surface area (TPSA) is 145 Å². The Kier molecular flexibility index (Phi) is 7.60.